The number of hydrogen-bond acceptors (Lipinski definition) is 2. The molecule has 3 atom stereocenters. The van der Waals surface area contributed by atoms with Crippen LogP contribution in [-0.4, -0.2) is 11.6 Å². The Kier molecular flexibility index (Phi) is 2.99. The summed E-state index contributed by atoms with van der Waals surface area (Å²) in [4.78, 5) is 24.5. The molecule has 1 fully saturated rings. The predicted molar refractivity (Wildman–Crippen MR) is 90.9 cm³/mol. The van der Waals surface area contributed by atoms with Gasteiger partial charge >= 0.3 is 0 Å². The van der Waals surface area contributed by atoms with Crippen LogP contribution in [0.15, 0.2) is 33.9 Å². The number of carbonyl (C=O) groups excluding carboxylic acids is 2. The van der Waals surface area contributed by atoms with E-state index >= 15 is 0 Å². The lowest BCUT2D eigenvalue weighted by Gasteiger charge is -2.50. The van der Waals surface area contributed by atoms with Gasteiger partial charge in [-0.1, -0.05) is 19.4 Å². The summed E-state index contributed by atoms with van der Waals surface area (Å²) in [6.45, 7) is 8.90. The standard InChI is InChI=1S/C21H26O2/c1-12-13(2)19-15-5-6-18(23)21(15,4)10-8-16(19)20(3)9-7-14(22)11-17(12)20/h11,15H,5-10H2,1-4H3/t15-,20+,21-/m0/s1. The summed E-state index contributed by atoms with van der Waals surface area (Å²) < 4.78 is 0. The van der Waals surface area contributed by atoms with Crippen LogP contribution in [0.2, 0.25) is 0 Å². The zero-order chi connectivity index (χ0) is 16.6. The van der Waals surface area contributed by atoms with E-state index in [1.807, 2.05) is 6.08 Å². The first-order valence-electron chi connectivity index (χ1n) is 8.99. The molecule has 0 aromatic carbocycles. The molecule has 4 rings (SSSR count). The zero-order valence-corrected chi connectivity index (χ0v) is 14.7. The summed E-state index contributed by atoms with van der Waals surface area (Å²) in [5.74, 6) is 1.12. The zero-order valence-electron chi connectivity index (χ0n) is 14.7. The van der Waals surface area contributed by atoms with Gasteiger partial charge in [-0.15, -0.1) is 0 Å². The van der Waals surface area contributed by atoms with Crippen LogP contribution in [0, 0.1) is 16.7 Å². The first-order valence-corrected chi connectivity index (χ1v) is 8.99. The highest BCUT2D eigenvalue weighted by Crippen LogP contribution is 2.62. The average molecular weight is 310 g/mol. The lowest BCUT2D eigenvalue weighted by atomic mass is 9.53. The van der Waals surface area contributed by atoms with Crippen molar-refractivity contribution in [2.75, 3.05) is 0 Å². The largest absolute Gasteiger partial charge is 0.299 e. The van der Waals surface area contributed by atoms with Crippen LogP contribution in [0.5, 0.6) is 0 Å². The summed E-state index contributed by atoms with van der Waals surface area (Å²) in [5.41, 5.74) is 6.75. The van der Waals surface area contributed by atoms with Crippen LogP contribution in [0.25, 0.3) is 0 Å². The van der Waals surface area contributed by atoms with E-state index in [4.69, 9.17) is 0 Å². The highest BCUT2D eigenvalue weighted by Gasteiger charge is 2.54. The quantitative estimate of drug-likeness (QED) is 0.649. The second kappa shape index (κ2) is 4.55. The molecule has 0 radical (unpaired) electrons. The van der Waals surface area contributed by atoms with E-state index in [1.165, 1.54) is 27.9 Å². The monoisotopic (exact) mass is 310 g/mol. The second-order valence-corrected chi connectivity index (χ2v) is 8.43. The number of Topliss-reactive ketones (excluding diaryl/α,β-unsaturated/α-hetero) is 1. The predicted octanol–water partition coefficient (Wildman–Crippen LogP) is 4.71. The van der Waals surface area contributed by atoms with Crippen molar-refractivity contribution in [3.8, 4) is 0 Å². The molecule has 4 aliphatic carbocycles. The topological polar surface area (TPSA) is 34.1 Å². The van der Waals surface area contributed by atoms with Crippen molar-refractivity contribution in [3.05, 3.63) is 33.9 Å². The molecule has 0 saturated heterocycles. The number of carbonyl (C=O) groups is 2. The summed E-state index contributed by atoms with van der Waals surface area (Å²) in [6, 6.07) is 0. The summed E-state index contributed by atoms with van der Waals surface area (Å²) in [5, 5.41) is 0. The van der Waals surface area contributed by atoms with E-state index in [-0.39, 0.29) is 16.6 Å². The van der Waals surface area contributed by atoms with Crippen molar-refractivity contribution >= 4 is 11.6 Å². The van der Waals surface area contributed by atoms with Gasteiger partial charge in [-0.2, -0.15) is 0 Å². The Bertz CT molecular complexity index is 733. The molecule has 0 N–H and O–H groups in total. The van der Waals surface area contributed by atoms with Gasteiger partial charge in [-0.3, -0.25) is 9.59 Å². The van der Waals surface area contributed by atoms with E-state index in [1.54, 1.807) is 0 Å². The fourth-order valence-electron chi connectivity index (χ4n) is 5.78. The molecule has 0 aromatic rings. The van der Waals surface area contributed by atoms with Gasteiger partial charge < -0.3 is 0 Å². The van der Waals surface area contributed by atoms with E-state index < -0.39 is 0 Å². The first-order chi connectivity index (χ1) is 10.8. The molecule has 0 unspecified atom stereocenters. The molecule has 0 aromatic heterocycles. The van der Waals surface area contributed by atoms with Gasteiger partial charge in [0.15, 0.2) is 5.78 Å². The third-order valence-corrected chi connectivity index (χ3v) is 7.44. The maximum Gasteiger partial charge on any atom is 0.156 e. The van der Waals surface area contributed by atoms with Crippen molar-refractivity contribution < 1.29 is 9.59 Å². The Morgan fingerprint density at radius 1 is 1.00 bits per heavy atom. The van der Waals surface area contributed by atoms with Crippen molar-refractivity contribution in [1.29, 1.82) is 0 Å². The number of rotatable bonds is 0. The molecule has 122 valence electrons. The van der Waals surface area contributed by atoms with Crippen LogP contribution >= 0.6 is 0 Å². The summed E-state index contributed by atoms with van der Waals surface area (Å²) >= 11 is 0. The Hall–Kier alpha value is -1.44. The molecule has 2 nitrogen and oxygen atoms in total. The van der Waals surface area contributed by atoms with Gasteiger partial charge in [-0.05, 0) is 73.8 Å². The molecule has 2 heteroatoms. The first kappa shape index (κ1) is 15.1. The van der Waals surface area contributed by atoms with Crippen LogP contribution < -0.4 is 0 Å². The van der Waals surface area contributed by atoms with Gasteiger partial charge in [0.05, 0.1) is 0 Å². The van der Waals surface area contributed by atoms with Gasteiger partial charge in [-0.25, -0.2) is 0 Å². The summed E-state index contributed by atoms with van der Waals surface area (Å²) in [7, 11) is 0. The Morgan fingerprint density at radius 3 is 2.48 bits per heavy atom. The molecule has 23 heavy (non-hydrogen) atoms. The van der Waals surface area contributed by atoms with Crippen LogP contribution in [0.3, 0.4) is 0 Å². The SMILES string of the molecule is CC1=C(C)C2=C(CC[C@]3(C)C(=O)CC[C@@H]23)[C@@]2(C)CCC(=O)C=C12. The number of ketones is 2. The molecule has 1 saturated carbocycles. The maximum atomic E-state index is 12.5. The highest BCUT2D eigenvalue weighted by molar-refractivity contribution is 5.93. The molecular formula is C21H26O2. The minimum Gasteiger partial charge on any atom is -0.299 e. The number of hydrogen-bond donors (Lipinski definition) is 0. The molecule has 0 heterocycles. The Balaban J connectivity index is 1.95. The van der Waals surface area contributed by atoms with E-state index in [2.05, 4.69) is 27.7 Å². The van der Waals surface area contributed by atoms with E-state index in [9.17, 15) is 9.59 Å². The molecular weight excluding hydrogens is 284 g/mol. The van der Waals surface area contributed by atoms with Gasteiger partial charge in [0.25, 0.3) is 0 Å². The lowest BCUT2D eigenvalue weighted by molar-refractivity contribution is -0.126. The maximum absolute atomic E-state index is 12.5. The Labute approximate surface area is 138 Å². The van der Waals surface area contributed by atoms with Crippen molar-refractivity contribution in [1.82, 2.24) is 0 Å². The number of allylic oxidation sites excluding steroid dienone is 6. The second-order valence-electron chi connectivity index (χ2n) is 8.43. The third-order valence-electron chi connectivity index (χ3n) is 7.44. The Morgan fingerprint density at radius 2 is 1.74 bits per heavy atom. The van der Waals surface area contributed by atoms with Crippen LogP contribution in [0.4, 0.5) is 0 Å². The van der Waals surface area contributed by atoms with E-state index in [0.717, 1.165) is 32.1 Å². The fraction of sp³-hybridized carbons (Fsp3) is 0.619. The molecule has 0 amide bonds. The van der Waals surface area contributed by atoms with E-state index in [0.29, 0.717) is 18.1 Å². The smallest absolute Gasteiger partial charge is 0.156 e. The normalized spacial score (nSPS) is 40.0. The third kappa shape index (κ3) is 1.75. The molecule has 0 aliphatic heterocycles. The average Bonchev–Trinajstić information content (AvgIpc) is 2.82. The van der Waals surface area contributed by atoms with Crippen LogP contribution in [0.1, 0.15) is 66.2 Å². The lowest BCUT2D eigenvalue weighted by Crippen LogP contribution is -2.41. The highest BCUT2D eigenvalue weighted by atomic mass is 16.1. The minimum absolute atomic E-state index is 0.0137. The van der Waals surface area contributed by atoms with Crippen molar-refractivity contribution in [2.24, 2.45) is 16.7 Å². The van der Waals surface area contributed by atoms with Gasteiger partial charge in [0, 0.05) is 23.7 Å². The molecule has 0 bridgehead atoms. The molecule has 4 aliphatic rings. The van der Waals surface area contributed by atoms with Gasteiger partial charge in [0.1, 0.15) is 5.78 Å². The minimum atomic E-state index is -0.150. The van der Waals surface area contributed by atoms with Crippen molar-refractivity contribution in [3.63, 3.8) is 0 Å². The molecule has 0 spiro atoms. The summed E-state index contributed by atoms with van der Waals surface area (Å²) in [6.07, 6.45) is 7.23. The number of fused-ring (bicyclic) bond motifs is 4. The van der Waals surface area contributed by atoms with Crippen molar-refractivity contribution in [2.45, 2.75) is 66.2 Å². The fourth-order valence-corrected chi connectivity index (χ4v) is 5.78. The van der Waals surface area contributed by atoms with Gasteiger partial charge in [0.2, 0.25) is 0 Å². The van der Waals surface area contributed by atoms with Crippen LogP contribution in [-0.2, 0) is 9.59 Å².